The van der Waals surface area contributed by atoms with Crippen LogP contribution in [0.25, 0.3) is 0 Å². The molecule has 1 N–H and O–H groups in total. The number of rotatable bonds is 4. The Balaban J connectivity index is 2.52. The molecule has 0 saturated heterocycles. The topological polar surface area (TPSA) is 35.8 Å². The van der Waals surface area contributed by atoms with E-state index < -0.39 is 0 Å². The Morgan fingerprint density at radius 3 is 3.00 bits per heavy atom. The lowest BCUT2D eigenvalue weighted by molar-refractivity contribution is 0.675. The SMILES string of the molecule is CCCNCc1cccc(C#N)c1. The van der Waals surface area contributed by atoms with Gasteiger partial charge in [-0.25, -0.2) is 0 Å². The predicted molar refractivity (Wildman–Crippen MR) is 53.2 cm³/mol. The average Bonchev–Trinajstić information content (AvgIpc) is 2.19. The number of hydrogen-bond acceptors (Lipinski definition) is 2. The van der Waals surface area contributed by atoms with E-state index in [9.17, 15) is 0 Å². The van der Waals surface area contributed by atoms with Gasteiger partial charge in [0.15, 0.2) is 0 Å². The van der Waals surface area contributed by atoms with Gasteiger partial charge in [-0.2, -0.15) is 5.26 Å². The first-order valence-corrected chi connectivity index (χ1v) is 4.56. The molecule has 1 rings (SSSR count). The van der Waals surface area contributed by atoms with E-state index in [1.165, 1.54) is 5.56 Å². The highest BCUT2D eigenvalue weighted by atomic mass is 14.8. The third-order valence-corrected chi connectivity index (χ3v) is 1.81. The fourth-order valence-electron chi connectivity index (χ4n) is 1.16. The van der Waals surface area contributed by atoms with Gasteiger partial charge in [0.25, 0.3) is 0 Å². The largest absolute Gasteiger partial charge is 0.313 e. The summed E-state index contributed by atoms with van der Waals surface area (Å²) >= 11 is 0. The summed E-state index contributed by atoms with van der Waals surface area (Å²) in [6.07, 6.45) is 1.14. The van der Waals surface area contributed by atoms with Crippen molar-refractivity contribution >= 4 is 0 Å². The van der Waals surface area contributed by atoms with E-state index in [1.54, 1.807) is 0 Å². The van der Waals surface area contributed by atoms with Gasteiger partial charge >= 0.3 is 0 Å². The van der Waals surface area contributed by atoms with Crippen molar-refractivity contribution in [3.8, 4) is 6.07 Å². The molecule has 0 radical (unpaired) electrons. The van der Waals surface area contributed by atoms with Crippen molar-refractivity contribution < 1.29 is 0 Å². The number of benzene rings is 1. The predicted octanol–water partition coefficient (Wildman–Crippen LogP) is 2.06. The Morgan fingerprint density at radius 1 is 1.46 bits per heavy atom. The Kier molecular flexibility index (Phi) is 4.01. The second kappa shape index (κ2) is 5.34. The molecule has 2 nitrogen and oxygen atoms in total. The first-order valence-electron chi connectivity index (χ1n) is 4.56. The zero-order valence-corrected chi connectivity index (χ0v) is 7.88. The molecule has 1 aromatic rings. The third kappa shape index (κ3) is 3.27. The zero-order valence-electron chi connectivity index (χ0n) is 7.88. The van der Waals surface area contributed by atoms with Gasteiger partial charge in [-0.15, -0.1) is 0 Å². The van der Waals surface area contributed by atoms with Gasteiger partial charge in [-0.3, -0.25) is 0 Å². The van der Waals surface area contributed by atoms with Gasteiger partial charge in [0.05, 0.1) is 11.6 Å². The fraction of sp³-hybridized carbons (Fsp3) is 0.364. The van der Waals surface area contributed by atoms with E-state index in [1.807, 2.05) is 24.3 Å². The van der Waals surface area contributed by atoms with Crippen LogP contribution in [0.2, 0.25) is 0 Å². The van der Waals surface area contributed by atoms with Crippen molar-refractivity contribution in [1.82, 2.24) is 5.32 Å². The molecule has 0 spiro atoms. The lowest BCUT2D eigenvalue weighted by Gasteiger charge is -2.02. The normalized spacial score (nSPS) is 9.54. The molecule has 0 aromatic heterocycles. The number of hydrogen-bond donors (Lipinski definition) is 1. The van der Waals surface area contributed by atoms with E-state index in [0.717, 1.165) is 25.1 Å². The summed E-state index contributed by atoms with van der Waals surface area (Å²) in [5, 5.41) is 12.0. The number of nitrogens with zero attached hydrogens (tertiary/aromatic N) is 1. The van der Waals surface area contributed by atoms with Gasteiger partial charge in [-0.1, -0.05) is 19.1 Å². The highest BCUT2D eigenvalue weighted by molar-refractivity contribution is 5.32. The Labute approximate surface area is 79.2 Å². The van der Waals surface area contributed by atoms with Crippen LogP contribution in [0.4, 0.5) is 0 Å². The molecule has 0 unspecified atom stereocenters. The maximum Gasteiger partial charge on any atom is 0.0991 e. The molecule has 0 heterocycles. The zero-order chi connectivity index (χ0) is 9.52. The highest BCUT2D eigenvalue weighted by Gasteiger charge is 1.93. The Bertz CT molecular complexity index is 299. The molecule has 0 amide bonds. The molecule has 0 fully saturated rings. The van der Waals surface area contributed by atoms with E-state index in [4.69, 9.17) is 5.26 Å². The third-order valence-electron chi connectivity index (χ3n) is 1.81. The summed E-state index contributed by atoms with van der Waals surface area (Å²) in [5.74, 6) is 0. The summed E-state index contributed by atoms with van der Waals surface area (Å²) in [4.78, 5) is 0. The van der Waals surface area contributed by atoms with Crippen LogP contribution >= 0.6 is 0 Å². The van der Waals surface area contributed by atoms with Crippen LogP contribution in [0.3, 0.4) is 0 Å². The van der Waals surface area contributed by atoms with Crippen LogP contribution in [0.1, 0.15) is 24.5 Å². The summed E-state index contributed by atoms with van der Waals surface area (Å²) in [7, 11) is 0. The minimum absolute atomic E-state index is 0.732. The molecule has 68 valence electrons. The van der Waals surface area contributed by atoms with Crippen LogP contribution in [0.5, 0.6) is 0 Å². The van der Waals surface area contributed by atoms with Crippen molar-refractivity contribution in [2.24, 2.45) is 0 Å². The quantitative estimate of drug-likeness (QED) is 0.709. The molecule has 0 atom stereocenters. The van der Waals surface area contributed by atoms with Crippen LogP contribution in [0, 0.1) is 11.3 Å². The summed E-state index contributed by atoms with van der Waals surface area (Å²) < 4.78 is 0. The van der Waals surface area contributed by atoms with Crippen molar-refractivity contribution in [2.75, 3.05) is 6.54 Å². The lowest BCUT2D eigenvalue weighted by atomic mass is 10.1. The van der Waals surface area contributed by atoms with E-state index in [-0.39, 0.29) is 0 Å². The molecule has 0 aliphatic rings. The molecular formula is C11H14N2. The first-order chi connectivity index (χ1) is 6.36. The lowest BCUT2D eigenvalue weighted by Crippen LogP contribution is -2.13. The van der Waals surface area contributed by atoms with Crippen molar-refractivity contribution in [1.29, 1.82) is 5.26 Å². The maximum atomic E-state index is 8.66. The van der Waals surface area contributed by atoms with Crippen molar-refractivity contribution in [2.45, 2.75) is 19.9 Å². The molecule has 0 saturated carbocycles. The van der Waals surface area contributed by atoms with Gasteiger partial charge < -0.3 is 5.32 Å². The molecular weight excluding hydrogens is 160 g/mol. The van der Waals surface area contributed by atoms with Crippen LogP contribution in [0.15, 0.2) is 24.3 Å². The standard InChI is InChI=1S/C11H14N2/c1-2-6-13-9-11-5-3-4-10(7-11)8-12/h3-5,7,13H,2,6,9H2,1H3. The number of nitrogens with one attached hydrogen (secondary N) is 1. The molecule has 0 aliphatic carbocycles. The van der Waals surface area contributed by atoms with Gasteiger partial charge in [0.2, 0.25) is 0 Å². The van der Waals surface area contributed by atoms with Gasteiger partial charge in [0, 0.05) is 6.54 Å². The molecule has 0 bridgehead atoms. The maximum absolute atomic E-state index is 8.66. The molecule has 13 heavy (non-hydrogen) atoms. The second-order valence-electron chi connectivity index (χ2n) is 2.99. The summed E-state index contributed by atoms with van der Waals surface area (Å²) in [5.41, 5.74) is 1.91. The monoisotopic (exact) mass is 174 g/mol. The van der Waals surface area contributed by atoms with E-state index >= 15 is 0 Å². The van der Waals surface area contributed by atoms with Crippen LogP contribution in [-0.4, -0.2) is 6.54 Å². The molecule has 2 heteroatoms. The molecule has 0 aliphatic heterocycles. The van der Waals surface area contributed by atoms with Crippen LogP contribution < -0.4 is 5.32 Å². The van der Waals surface area contributed by atoms with Crippen molar-refractivity contribution in [3.63, 3.8) is 0 Å². The van der Waals surface area contributed by atoms with Gasteiger partial charge in [0.1, 0.15) is 0 Å². The summed E-state index contributed by atoms with van der Waals surface area (Å²) in [6, 6.07) is 9.82. The van der Waals surface area contributed by atoms with E-state index in [0.29, 0.717) is 0 Å². The smallest absolute Gasteiger partial charge is 0.0991 e. The molecule has 1 aromatic carbocycles. The average molecular weight is 174 g/mol. The van der Waals surface area contributed by atoms with Crippen molar-refractivity contribution in [3.05, 3.63) is 35.4 Å². The highest BCUT2D eigenvalue weighted by Crippen LogP contribution is 2.03. The Hall–Kier alpha value is -1.33. The van der Waals surface area contributed by atoms with Crippen LogP contribution in [-0.2, 0) is 6.54 Å². The second-order valence-corrected chi connectivity index (χ2v) is 2.99. The summed E-state index contributed by atoms with van der Waals surface area (Å²) in [6.45, 7) is 4.01. The number of nitriles is 1. The Morgan fingerprint density at radius 2 is 2.31 bits per heavy atom. The fourth-order valence-corrected chi connectivity index (χ4v) is 1.16. The van der Waals surface area contributed by atoms with E-state index in [2.05, 4.69) is 18.3 Å². The first kappa shape index (κ1) is 9.76. The minimum Gasteiger partial charge on any atom is -0.313 e. The van der Waals surface area contributed by atoms with Gasteiger partial charge in [-0.05, 0) is 30.7 Å². The minimum atomic E-state index is 0.732.